The van der Waals surface area contributed by atoms with E-state index >= 15 is 0 Å². The molecule has 0 saturated heterocycles. The molecule has 1 amide bonds. The molecular weight excluding hydrogens is 358 g/mol. The number of para-hydroxylation sites is 1. The molecular formula is C17H12BrN3O2. The number of carbonyl (C=O) groups excluding carboxylic acids is 1. The molecule has 5 nitrogen and oxygen atoms in total. The third kappa shape index (κ3) is 3.54. The van der Waals surface area contributed by atoms with Crippen molar-refractivity contribution in [1.82, 2.24) is 10.4 Å². The largest absolute Gasteiger partial charge is 0.321 e. The van der Waals surface area contributed by atoms with Gasteiger partial charge in [0.1, 0.15) is 0 Å². The van der Waals surface area contributed by atoms with Crippen LogP contribution in [0.15, 0.2) is 69.0 Å². The van der Waals surface area contributed by atoms with E-state index in [1.807, 2.05) is 30.3 Å². The van der Waals surface area contributed by atoms with Crippen molar-refractivity contribution in [1.29, 1.82) is 0 Å². The number of halogens is 1. The van der Waals surface area contributed by atoms with Gasteiger partial charge >= 0.3 is 0 Å². The zero-order valence-corrected chi connectivity index (χ0v) is 13.5. The van der Waals surface area contributed by atoms with Crippen molar-refractivity contribution in [3.63, 3.8) is 0 Å². The molecule has 0 atom stereocenters. The zero-order chi connectivity index (χ0) is 16.2. The number of nitrogens with zero attached hydrogens (tertiary/aromatic N) is 1. The van der Waals surface area contributed by atoms with E-state index in [1.54, 1.807) is 24.3 Å². The number of aromatic nitrogens is 1. The summed E-state index contributed by atoms with van der Waals surface area (Å²) in [6.07, 6.45) is 1.33. The lowest BCUT2D eigenvalue weighted by Crippen LogP contribution is -2.19. The van der Waals surface area contributed by atoms with Gasteiger partial charge in [0.25, 0.3) is 11.5 Å². The Balaban J connectivity index is 1.79. The molecule has 2 aromatic carbocycles. The molecule has 0 bridgehead atoms. The number of hydrogen-bond donors (Lipinski definition) is 2. The zero-order valence-electron chi connectivity index (χ0n) is 11.9. The fourth-order valence-corrected chi connectivity index (χ4v) is 2.51. The fraction of sp³-hybridized carbons (Fsp3) is 0. The number of hydrazone groups is 1. The highest BCUT2D eigenvalue weighted by Gasteiger charge is 2.04. The third-order valence-corrected chi connectivity index (χ3v) is 3.73. The molecule has 1 heterocycles. The standard InChI is InChI=1S/C17H12BrN3O2/c18-14-6-3-5-12(9-14)17(23)21-19-10-13-8-11-4-1-2-7-15(11)20-16(13)22/h1-10H,(H,20,22)(H,21,23)/b19-10-. The van der Waals surface area contributed by atoms with Gasteiger partial charge in [0.15, 0.2) is 0 Å². The van der Waals surface area contributed by atoms with E-state index < -0.39 is 0 Å². The summed E-state index contributed by atoms with van der Waals surface area (Å²) in [5.74, 6) is -0.347. The maximum absolute atomic E-state index is 12.0. The summed E-state index contributed by atoms with van der Waals surface area (Å²) in [5, 5.41) is 4.75. The number of pyridine rings is 1. The summed E-state index contributed by atoms with van der Waals surface area (Å²) in [6, 6.07) is 16.1. The molecule has 3 rings (SSSR count). The number of nitrogens with one attached hydrogen (secondary N) is 2. The first kappa shape index (κ1) is 15.2. The predicted molar refractivity (Wildman–Crippen MR) is 93.8 cm³/mol. The van der Waals surface area contributed by atoms with Gasteiger partial charge < -0.3 is 4.98 Å². The van der Waals surface area contributed by atoms with Gasteiger partial charge in [-0.3, -0.25) is 9.59 Å². The quantitative estimate of drug-likeness (QED) is 0.549. The van der Waals surface area contributed by atoms with Gasteiger partial charge in [-0.25, -0.2) is 5.43 Å². The van der Waals surface area contributed by atoms with E-state index in [1.165, 1.54) is 6.21 Å². The average molecular weight is 370 g/mol. The van der Waals surface area contributed by atoms with Crippen LogP contribution >= 0.6 is 15.9 Å². The predicted octanol–water partition coefficient (Wildman–Crippen LogP) is 3.05. The van der Waals surface area contributed by atoms with Crippen LogP contribution in [0.2, 0.25) is 0 Å². The molecule has 3 aromatic rings. The average Bonchev–Trinajstić information content (AvgIpc) is 2.55. The molecule has 0 saturated carbocycles. The first-order valence-electron chi connectivity index (χ1n) is 6.84. The topological polar surface area (TPSA) is 74.3 Å². The van der Waals surface area contributed by atoms with Crippen molar-refractivity contribution in [3.05, 3.63) is 80.6 Å². The van der Waals surface area contributed by atoms with E-state index in [0.29, 0.717) is 11.1 Å². The Morgan fingerprint density at radius 1 is 1.13 bits per heavy atom. The number of carbonyl (C=O) groups is 1. The number of aromatic amines is 1. The summed E-state index contributed by atoms with van der Waals surface area (Å²) in [6.45, 7) is 0. The summed E-state index contributed by atoms with van der Waals surface area (Å²) < 4.78 is 0.806. The minimum absolute atomic E-state index is 0.260. The summed E-state index contributed by atoms with van der Waals surface area (Å²) in [5.41, 5.74) is 3.75. The normalized spacial score (nSPS) is 11.0. The van der Waals surface area contributed by atoms with Gasteiger partial charge in [-0.15, -0.1) is 0 Å². The molecule has 0 aliphatic heterocycles. The lowest BCUT2D eigenvalue weighted by atomic mass is 10.2. The Kier molecular flexibility index (Phi) is 4.34. The number of H-pyrrole nitrogens is 1. The highest BCUT2D eigenvalue weighted by molar-refractivity contribution is 9.10. The van der Waals surface area contributed by atoms with Crippen LogP contribution < -0.4 is 11.0 Å². The van der Waals surface area contributed by atoms with Crippen molar-refractivity contribution in [2.45, 2.75) is 0 Å². The minimum atomic E-state index is -0.347. The first-order valence-corrected chi connectivity index (χ1v) is 7.64. The molecule has 23 heavy (non-hydrogen) atoms. The number of benzene rings is 2. The molecule has 0 spiro atoms. The van der Waals surface area contributed by atoms with Crippen LogP contribution in [-0.2, 0) is 0 Å². The molecule has 0 unspecified atom stereocenters. The molecule has 6 heteroatoms. The van der Waals surface area contributed by atoms with E-state index in [-0.39, 0.29) is 11.5 Å². The van der Waals surface area contributed by atoms with E-state index in [0.717, 1.165) is 15.4 Å². The molecule has 1 aromatic heterocycles. The van der Waals surface area contributed by atoms with Crippen molar-refractivity contribution in [2.24, 2.45) is 5.10 Å². The Morgan fingerprint density at radius 3 is 2.78 bits per heavy atom. The SMILES string of the molecule is O=C(N/N=C\c1cc2ccccc2[nH]c1=O)c1cccc(Br)c1. The summed E-state index contributed by atoms with van der Waals surface area (Å²) >= 11 is 3.30. The van der Waals surface area contributed by atoms with Gasteiger partial charge in [-0.05, 0) is 35.7 Å². The first-order chi connectivity index (χ1) is 11.1. The van der Waals surface area contributed by atoms with Crippen LogP contribution in [0.3, 0.4) is 0 Å². The fourth-order valence-electron chi connectivity index (χ4n) is 2.11. The second-order valence-corrected chi connectivity index (χ2v) is 5.77. The van der Waals surface area contributed by atoms with Crippen molar-refractivity contribution >= 4 is 39.0 Å². The van der Waals surface area contributed by atoms with Crippen LogP contribution in [0.5, 0.6) is 0 Å². The number of fused-ring (bicyclic) bond motifs is 1. The lowest BCUT2D eigenvalue weighted by Gasteiger charge is -2.01. The molecule has 2 N–H and O–H groups in total. The number of amides is 1. The molecule has 0 aliphatic rings. The smallest absolute Gasteiger partial charge is 0.271 e. The van der Waals surface area contributed by atoms with Crippen LogP contribution in [0, 0.1) is 0 Å². The maximum atomic E-state index is 12.0. The summed E-state index contributed by atoms with van der Waals surface area (Å²) in [4.78, 5) is 26.7. The number of hydrogen-bond acceptors (Lipinski definition) is 3. The minimum Gasteiger partial charge on any atom is -0.321 e. The summed E-state index contributed by atoms with van der Waals surface area (Å²) in [7, 11) is 0. The molecule has 114 valence electrons. The molecule has 0 aliphatic carbocycles. The van der Waals surface area contributed by atoms with Gasteiger partial charge in [-0.2, -0.15) is 5.10 Å². The van der Waals surface area contributed by atoms with E-state index in [2.05, 4.69) is 31.4 Å². The van der Waals surface area contributed by atoms with Crippen molar-refractivity contribution in [2.75, 3.05) is 0 Å². The second kappa shape index (κ2) is 6.58. The van der Waals surface area contributed by atoms with Crippen LogP contribution in [0.4, 0.5) is 0 Å². The van der Waals surface area contributed by atoms with E-state index in [9.17, 15) is 9.59 Å². The molecule has 0 fully saturated rings. The highest BCUT2D eigenvalue weighted by atomic mass is 79.9. The lowest BCUT2D eigenvalue weighted by molar-refractivity contribution is 0.0955. The van der Waals surface area contributed by atoms with Crippen LogP contribution in [-0.4, -0.2) is 17.1 Å². The number of rotatable bonds is 3. The van der Waals surface area contributed by atoms with Crippen molar-refractivity contribution < 1.29 is 4.79 Å². The third-order valence-electron chi connectivity index (χ3n) is 3.24. The highest BCUT2D eigenvalue weighted by Crippen LogP contribution is 2.11. The van der Waals surface area contributed by atoms with Crippen LogP contribution in [0.1, 0.15) is 15.9 Å². The van der Waals surface area contributed by atoms with Crippen molar-refractivity contribution in [3.8, 4) is 0 Å². The second-order valence-electron chi connectivity index (χ2n) is 4.85. The Hall–Kier alpha value is -2.73. The monoisotopic (exact) mass is 369 g/mol. The van der Waals surface area contributed by atoms with Gasteiger partial charge in [0.05, 0.1) is 11.8 Å². The molecule has 0 radical (unpaired) electrons. The van der Waals surface area contributed by atoms with E-state index in [4.69, 9.17) is 0 Å². The van der Waals surface area contributed by atoms with Gasteiger partial charge in [0, 0.05) is 15.6 Å². The maximum Gasteiger partial charge on any atom is 0.271 e. The Labute approximate surface area is 140 Å². The Bertz CT molecular complexity index is 963. The van der Waals surface area contributed by atoms with Crippen LogP contribution in [0.25, 0.3) is 10.9 Å². The Morgan fingerprint density at radius 2 is 1.96 bits per heavy atom. The van der Waals surface area contributed by atoms with Gasteiger partial charge in [-0.1, -0.05) is 40.2 Å². The van der Waals surface area contributed by atoms with Gasteiger partial charge in [0.2, 0.25) is 0 Å².